The summed E-state index contributed by atoms with van der Waals surface area (Å²) in [5.74, 6) is 1.64. The van der Waals surface area contributed by atoms with Gasteiger partial charge in [0.25, 0.3) is 5.91 Å². The van der Waals surface area contributed by atoms with E-state index in [0.29, 0.717) is 36.0 Å². The molecule has 1 N–H and O–H groups in total. The first-order valence-electron chi connectivity index (χ1n) is 8.52. The second-order valence-electron chi connectivity index (χ2n) is 5.91. The highest BCUT2D eigenvalue weighted by molar-refractivity contribution is 14.1. The molecule has 1 aromatic heterocycles. The molecule has 0 fully saturated rings. The van der Waals surface area contributed by atoms with Crippen LogP contribution in [-0.2, 0) is 18.0 Å². The van der Waals surface area contributed by atoms with Gasteiger partial charge < -0.3 is 23.9 Å². The Bertz CT molecular complexity index is 940. The molecule has 2 aromatic carbocycles. The number of rotatable bonds is 8. The standard InChI is InChI=1S/C21H20INO5/c1-25-19-10-17(18(22)11-20(19)26-2)21(24)23-15-6-3-5-14(9-15)12-27-13-16-7-4-8-28-16/h3-11H,12-13H2,1-2H3,(H,23,24). The maximum Gasteiger partial charge on any atom is 0.256 e. The molecule has 0 aliphatic rings. The van der Waals surface area contributed by atoms with Gasteiger partial charge in [-0.05, 0) is 64.6 Å². The van der Waals surface area contributed by atoms with Crippen LogP contribution in [0.1, 0.15) is 21.7 Å². The molecule has 28 heavy (non-hydrogen) atoms. The highest BCUT2D eigenvalue weighted by Gasteiger charge is 2.16. The fourth-order valence-corrected chi connectivity index (χ4v) is 3.31. The summed E-state index contributed by atoms with van der Waals surface area (Å²) in [5.41, 5.74) is 2.15. The largest absolute Gasteiger partial charge is 0.493 e. The van der Waals surface area contributed by atoms with Gasteiger partial charge in [-0.3, -0.25) is 4.79 Å². The van der Waals surface area contributed by atoms with Crippen LogP contribution in [-0.4, -0.2) is 20.1 Å². The molecule has 146 valence electrons. The van der Waals surface area contributed by atoms with Crippen LogP contribution in [0.25, 0.3) is 0 Å². The molecule has 0 spiro atoms. The summed E-state index contributed by atoms with van der Waals surface area (Å²) in [6, 6.07) is 14.7. The molecule has 3 aromatic rings. The van der Waals surface area contributed by atoms with Crippen LogP contribution in [0, 0.1) is 3.57 Å². The minimum absolute atomic E-state index is 0.223. The SMILES string of the molecule is COc1cc(I)c(C(=O)Nc2cccc(COCc3ccco3)c2)cc1OC. The molecule has 0 bridgehead atoms. The molecule has 0 saturated carbocycles. The van der Waals surface area contributed by atoms with Crippen LogP contribution >= 0.6 is 22.6 Å². The number of amides is 1. The van der Waals surface area contributed by atoms with Gasteiger partial charge in [0.15, 0.2) is 11.5 Å². The Hall–Kier alpha value is -2.52. The molecule has 7 heteroatoms. The Morgan fingerprint density at radius 2 is 1.82 bits per heavy atom. The predicted octanol–water partition coefficient (Wildman–Crippen LogP) is 4.87. The van der Waals surface area contributed by atoms with E-state index in [1.165, 1.54) is 0 Å². The Balaban J connectivity index is 1.67. The monoisotopic (exact) mass is 493 g/mol. The third-order valence-electron chi connectivity index (χ3n) is 4.00. The lowest BCUT2D eigenvalue weighted by Gasteiger charge is -2.12. The Morgan fingerprint density at radius 3 is 2.54 bits per heavy atom. The maximum atomic E-state index is 12.7. The van der Waals surface area contributed by atoms with E-state index in [9.17, 15) is 4.79 Å². The summed E-state index contributed by atoms with van der Waals surface area (Å²) in [7, 11) is 3.10. The maximum absolute atomic E-state index is 12.7. The fourth-order valence-electron chi connectivity index (χ4n) is 2.63. The van der Waals surface area contributed by atoms with E-state index >= 15 is 0 Å². The highest BCUT2D eigenvalue weighted by Crippen LogP contribution is 2.31. The number of benzene rings is 2. The van der Waals surface area contributed by atoms with Gasteiger partial charge in [0, 0.05) is 9.26 Å². The minimum atomic E-state index is -0.223. The van der Waals surface area contributed by atoms with E-state index < -0.39 is 0 Å². The van der Waals surface area contributed by atoms with E-state index in [2.05, 4.69) is 27.9 Å². The normalized spacial score (nSPS) is 10.5. The van der Waals surface area contributed by atoms with Gasteiger partial charge in [0.2, 0.25) is 0 Å². The van der Waals surface area contributed by atoms with Crippen LogP contribution in [0.3, 0.4) is 0 Å². The Labute approximate surface area is 176 Å². The van der Waals surface area contributed by atoms with Crippen molar-refractivity contribution in [1.29, 1.82) is 0 Å². The van der Waals surface area contributed by atoms with E-state index in [0.717, 1.165) is 14.9 Å². The number of hydrogen-bond donors (Lipinski definition) is 1. The molecule has 0 atom stereocenters. The molecule has 1 heterocycles. The van der Waals surface area contributed by atoms with Crippen LogP contribution < -0.4 is 14.8 Å². The van der Waals surface area contributed by atoms with Gasteiger partial charge in [-0.2, -0.15) is 0 Å². The quantitative estimate of drug-likeness (QED) is 0.454. The van der Waals surface area contributed by atoms with Crippen LogP contribution in [0.4, 0.5) is 5.69 Å². The van der Waals surface area contributed by atoms with Crippen molar-refractivity contribution >= 4 is 34.2 Å². The zero-order valence-electron chi connectivity index (χ0n) is 15.5. The fraction of sp³-hybridized carbons (Fsp3) is 0.190. The average Bonchev–Trinajstić information content (AvgIpc) is 3.21. The number of ether oxygens (including phenoxy) is 3. The predicted molar refractivity (Wildman–Crippen MR) is 114 cm³/mol. The van der Waals surface area contributed by atoms with Crippen molar-refractivity contribution in [1.82, 2.24) is 0 Å². The first-order valence-corrected chi connectivity index (χ1v) is 9.60. The zero-order valence-corrected chi connectivity index (χ0v) is 17.7. The van der Waals surface area contributed by atoms with Gasteiger partial charge in [0.05, 0.1) is 32.7 Å². The molecule has 0 unspecified atom stereocenters. The van der Waals surface area contributed by atoms with Gasteiger partial charge in [0.1, 0.15) is 12.4 Å². The smallest absolute Gasteiger partial charge is 0.256 e. The number of carbonyl (C=O) groups excluding carboxylic acids is 1. The molecule has 6 nitrogen and oxygen atoms in total. The van der Waals surface area contributed by atoms with Crippen LogP contribution in [0.5, 0.6) is 11.5 Å². The van der Waals surface area contributed by atoms with E-state index in [4.69, 9.17) is 18.6 Å². The lowest BCUT2D eigenvalue weighted by molar-refractivity contribution is 0.0929. The van der Waals surface area contributed by atoms with Crippen molar-refractivity contribution in [2.75, 3.05) is 19.5 Å². The number of carbonyl (C=O) groups is 1. The molecular weight excluding hydrogens is 473 g/mol. The first-order chi connectivity index (χ1) is 13.6. The number of furan rings is 1. The summed E-state index contributed by atoms with van der Waals surface area (Å²) in [6.45, 7) is 0.811. The van der Waals surface area contributed by atoms with Crippen molar-refractivity contribution in [3.8, 4) is 11.5 Å². The van der Waals surface area contributed by atoms with Crippen molar-refractivity contribution < 1.29 is 23.4 Å². The van der Waals surface area contributed by atoms with Crippen LogP contribution in [0.2, 0.25) is 0 Å². The summed E-state index contributed by atoms with van der Waals surface area (Å²) in [4.78, 5) is 12.7. The molecule has 0 radical (unpaired) electrons. The van der Waals surface area contributed by atoms with Crippen molar-refractivity contribution in [2.45, 2.75) is 13.2 Å². The summed E-state index contributed by atoms with van der Waals surface area (Å²) in [5, 5.41) is 2.92. The van der Waals surface area contributed by atoms with E-state index in [1.54, 1.807) is 32.6 Å². The van der Waals surface area contributed by atoms with Crippen molar-refractivity contribution in [2.24, 2.45) is 0 Å². The molecular formula is C21H20INO5. The summed E-state index contributed by atoms with van der Waals surface area (Å²) < 4.78 is 22.2. The van der Waals surface area contributed by atoms with Crippen molar-refractivity contribution in [3.63, 3.8) is 0 Å². The summed E-state index contributed by atoms with van der Waals surface area (Å²) >= 11 is 2.11. The number of halogens is 1. The number of nitrogens with one attached hydrogen (secondary N) is 1. The second-order valence-corrected chi connectivity index (χ2v) is 7.08. The third kappa shape index (κ3) is 5.05. The lowest BCUT2D eigenvalue weighted by Crippen LogP contribution is -2.14. The molecule has 0 aliphatic carbocycles. The molecule has 0 aliphatic heterocycles. The van der Waals surface area contributed by atoms with E-state index in [-0.39, 0.29) is 5.91 Å². The molecule has 0 saturated heterocycles. The Morgan fingerprint density at radius 1 is 1.04 bits per heavy atom. The topological polar surface area (TPSA) is 69.9 Å². The lowest BCUT2D eigenvalue weighted by atomic mass is 10.1. The van der Waals surface area contributed by atoms with Gasteiger partial charge >= 0.3 is 0 Å². The van der Waals surface area contributed by atoms with E-state index in [1.807, 2.05) is 36.4 Å². The molecule has 3 rings (SSSR count). The third-order valence-corrected chi connectivity index (χ3v) is 4.89. The Kier molecular flexibility index (Phi) is 6.94. The van der Waals surface area contributed by atoms with Gasteiger partial charge in [-0.25, -0.2) is 0 Å². The molecule has 1 amide bonds. The van der Waals surface area contributed by atoms with Gasteiger partial charge in [-0.15, -0.1) is 0 Å². The number of methoxy groups -OCH3 is 2. The number of hydrogen-bond acceptors (Lipinski definition) is 5. The zero-order chi connectivity index (χ0) is 19.9. The second kappa shape index (κ2) is 9.61. The van der Waals surface area contributed by atoms with Gasteiger partial charge in [-0.1, -0.05) is 12.1 Å². The average molecular weight is 493 g/mol. The number of anilines is 1. The first kappa shape index (κ1) is 20.2. The minimum Gasteiger partial charge on any atom is -0.493 e. The highest BCUT2D eigenvalue weighted by atomic mass is 127. The van der Waals surface area contributed by atoms with Crippen molar-refractivity contribution in [3.05, 3.63) is 75.3 Å². The summed E-state index contributed by atoms with van der Waals surface area (Å²) in [6.07, 6.45) is 1.62. The van der Waals surface area contributed by atoms with Crippen LogP contribution in [0.15, 0.2) is 59.2 Å².